The Balaban J connectivity index is 2.33. The zero-order valence-corrected chi connectivity index (χ0v) is 9.00. The molecule has 0 heterocycles. The van der Waals surface area contributed by atoms with Crippen molar-refractivity contribution in [3.63, 3.8) is 0 Å². The summed E-state index contributed by atoms with van der Waals surface area (Å²) in [4.78, 5) is 0. The molecule has 0 aliphatic heterocycles. The lowest BCUT2D eigenvalue weighted by molar-refractivity contribution is 0.00988. The van der Waals surface area contributed by atoms with Crippen LogP contribution < -0.4 is 0 Å². The molecule has 0 spiro atoms. The molecule has 0 atom stereocenters. The Hall–Kier alpha value is -0.230. The molecular formula is C9H9F2IO. The van der Waals surface area contributed by atoms with Crippen molar-refractivity contribution in [3.8, 4) is 0 Å². The van der Waals surface area contributed by atoms with Crippen LogP contribution in [0.25, 0.3) is 0 Å². The Morgan fingerprint density at radius 3 is 2.38 bits per heavy atom. The molecule has 0 saturated carbocycles. The SMILES string of the molecule is FC(F)COCc1ccc(I)cc1. The summed E-state index contributed by atoms with van der Waals surface area (Å²) in [6.07, 6.45) is -2.39. The number of halogens is 3. The van der Waals surface area contributed by atoms with Crippen molar-refractivity contribution in [2.75, 3.05) is 6.61 Å². The molecule has 4 heteroatoms. The first-order valence-corrected chi connectivity index (χ1v) is 4.86. The average Bonchev–Trinajstić information content (AvgIpc) is 2.08. The van der Waals surface area contributed by atoms with Gasteiger partial charge in [-0.05, 0) is 40.3 Å². The normalized spacial score (nSPS) is 10.8. The number of hydrogen-bond acceptors (Lipinski definition) is 1. The summed E-state index contributed by atoms with van der Waals surface area (Å²) in [5.41, 5.74) is 0.918. The maximum Gasteiger partial charge on any atom is 0.261 e. The fraction of sp³-hybridized carbons (Fsp3) is 0.333. The summed E-state index contributed by atoms with van der Waals surface area (Å²) in [5.74, 6) is 0. The first kappa shape index (κ1) is 10.8. The van der Waals surface area contributed by atoms with Gasteiger partial charge in [-0.1, -0.05) is 12.1 Å². The first-order chi connectivity index (χ1) is 6.18. The molecule has 0 N–H and O–H groups in total. The highest BCUT2D eigenvalue weighted by Crippen LogP contribution is 2.08. The van der Waals surface area contributed by atoms with Gasteiger partial charge in [-0.25, -0.2) is 8.78 Å². The van der Waals surface area contributed by atoms with E-state index in [1.165, 1.54) is 0 Å². The minimum absolute atomic E-state index is 0.251. The molecule has 0 aromatic heterocycles. The van der Waals surface area contributed by atoms with Gasteiger partial charge in [0.05, 0.1) is 6.61 Å². The summed E-state index contributed by atoms with van der Waals surface area (Å²) in [7, 11) is 0. The predicted molar refractivity (Wildman–Crippen MR) is 54.8 cm³/mol. The van der Waals surface area contributed by atoms with Gasteiger partial charge in [-0.2, -0.15) is 0 Å². The monoisotopic (exact) mass is 298 g/mol. The lowest BCUT2D eigenvalue weighted by atomic mass is 10.2. The molecule has 0 radical (unpaired) electrons. The standard InChI is InChI=1S/C9H9F2IO/c10-9(11)6-13-5-7-1-3-8(12)4-2-7/h1-4,9H,5-6H2. The van der Waals surface area contributed by atoms with E-state index >= 15 is 0 Å². The van der Waals surface area contributed by atoms with Crippen molar-refractivity contribution in [1.29, 1.82) is 0 Å². The van der Waals surface area contributed by atoms with Crippen molar-refractivity contribution in [2.24, 2.45) is 0 Å². The number of hydrogen-bond donors (Lipinski definition) is 0. The third kappa shape index (κ3) is 4.52. The van der Waals surface area contributed by atoms with E-state index in [0.29, 0.717) is 0 Å². The number of benzene rings is 1. The molecule has 0 fully saturated rings. The van der Waals surface area contributed by atoms with Crippen LogP contribution in [0, 0.1) is 3.57 Å². The minimum Gasteiger partial charge on any atom is -0.371 e. The fourth-order valence-corrected chi connectivity index (χ4v) is 1.21. The highest BCUT2D eigenvalue weighted by Gasteiger charge is 2.01. The van der Waals surface area contributed by atoms with Gasteiger partial charge in [0.1, 0.15) is 6.61 Å². The van der Waals surface area contributed by atoms with E-state index in [2.05, 4.69) is 22.6 Å². The van der Waals surface area contributed by atoms with E-state index in [1.54, 1.807) is 0 Å². The first-order valence-electron chi connectivity index (χ1n) is 3.79. The largest absolute Gasteiger partial charge is 0.371 e. The maximum atomic E-state index is 11.7. The van der Waals surface area contributed by atoms with E-state index in [1.807, 2.05) is 24.3 Å². The summed E-state index contributed by atoms with van der Waals surface area (Å²) in [5, 5.41) is 0. The van der Waals surface area contributed by atoms with Crippen LogP contribution in [0.3, 0.4) is 0 Å². The molecule has 0 bridgehead atoms. The van der Waals surface area contributed by atoms with E-state index in [4.69, 9.17) is 4.74 Å². The molecule has 13 heavy (non-hydrogen) atoms. The van der Waals surface area contributed by atoms with Crippen LogP contribution in [0.1, 0.15) is 5.56 Å². The van der Waals surface area contributed by atoms with E-state index < -0.39 is 13.0 Å². The zero-order valence-electron chi connectivity index (χ0n) is 6.84. The topological polar surface area (TPSA) is 9.23 Å². The summed E-state index contributed by atoms with van der Waals surface area (Å²) in [6.45, 7) is -0.243. The van der Waals surface area contributed by atoms with Gasteiger partial charge in [-0.15, -0.1) is 0 Å². The van der Waals surface area contributed by atoms with Crippen LogP contribution in [0.5, 0.6) is 0 Å². The highest BCUT2D eigenvalue weighted by molar-refractivity contribution is 14.1. The molecule has 0 aliphatic carbocycles. The van der Waals surface area contributed by atoms with Crippen LogP contribution in [0.4, 0.5) is 8.78 Å². The highest BCUT2D eigenvalue weighted by atomic mass is 127. The average molecular weight is 298 g/mol. The molecule has 0 saturated heterocycles. The number of ether oxygens (including phenoxy) is 1. The maximum absolute atomic E-state index is 11.7. The number of rotatable bonds is 4. The van der Waals surface area contributed by atoms with Crippen LogP contribution in [-0.2, 0) is 11.3 Å². The van der Waals surface area contributed by atoms with Crippen LogP contribution in [0.15, 0.2) is 24.3 Å². The quantitative estimate of drug-likeness (QED) is 0.776. The molecule has 1 aromatic rings. The predicted octanol–water partition coefficient (Wildman–Crippen LogP) is 3.07. The minimum atomic E-state index is -2.39. The van der Waals surface area contributed by atoms with E-state index in [0.717, 1.165) is 9.13 Å². The van der Waals surface area contributed by atoms with E-state index in [9.17, 15) is 8.78 Å². The smallest absolute Gasteiger partial charge is 0.261 e. The lowest BCUT2D eigenvalue weighted by Gasteiger charge is -2.03. The molecule has 1 rings (SSSR count). The molecule has 1 aromatic carbocycles. The van der Waals surface area contributed by atoms with Gasteiger partial charge >= 0.3 is 0 Å². The van der Waals surface area contributed by atoms with E-state index in [-0.39, 0.29) is 6.61 Å². The Bertz CT molecular complexity index is 248. The van der Waals surface area contributed by atoms with Gasteiger partial charge in [0, 0.05) is 3.57 Å². The zero-order chi connectivity index (χ0) is 9.68. The Kier molecular flexibility index (Phi) is 4.58. The van der Waals surface area contributed by atoms with Gasteiger partial charge in [-0.3, -0.25) is 0 Å². The van der Waals surface area contributed by atoms with Gasteiger partial charge in [0.15, 0.2) is 0 Å². The Morgan fingerprint density at radius 2 is 1.85 bits per heavy atom. The summed E-state index contributed by atoms with van der Waals surface area (Å²) >= 11 is 2.18. The molecule has 0 unspecified atom stereocenters. The van der Waals surface area contributed by atoms with Crippen molar-refractivity contribution in [1.82, 2.24) is 0 Å². The molecule has 72 valence electrons. The van der Waals surface area contributed by atoms with Crippen molar-refractivity contribution in [2.45, 2.75) is 13.0 Å². The van der Waals surface area contributed by atoms with Crippen molar-refractivity contribution >= 4 is 22.6 Å². The van der Waals surface area contributed by atoms with Crippen LogP contribution >= 0.6 is 22.6 Å². The summed E-state index contributed by atoms with van der Waals surface area (Å²) in [6, 6.07) is 7.57. The van der Waals surface area contributed by atoms with Crippen molar-refractivity contribution < 1.29 is 13.5 Å². The Morgan fingerprint density at radius 1 is 1.23 bits per heavy atom. The molecule has 0 amide bonds. The molecular weight excluding hydrogens is 289 g/mol. The van der Waals surface area contributed by atoms with Gasteiger partial charge in [0.2, 0.25) is 0 Å². The molecule has 1 nitrogen and oxygen atoms in total. The van der Waals surface area contributed by atoms with Crippen LogP contribution in [-0.4, -0.2) is 13.0 Å². The second-order valence-corrected chi connectivity index (χ2v) is 3.78. The van der Waals surface area contributed by atoms with Gasteiger partial charge < -0.3 is 4.74 Å². The molecule has 0 aliphatic rings. The second-order valence-electron chi connectivity index (χ2n) is 2.53. The lowest BCUT2D eigenvalue weighted by Crippen LogP contribution is -2.03. The van der Waals surface area contributed by atoms with Crippen LogP contribution in [0.2, 0.25) is 0 Å². The summed E-state index contributed by atoms with van der Waals surface area (Å²) < 4.78 is 29.2. The number of alkyl halides is 2. The fourth-order valence-electron chi connectivity index (χ4n) is 0.846. The third-order valence-corrected chi connectivity index (χ3v) is 2.14. The second kappa shape index (κ2) is 5.49. The van der Waals surface area contributed by atoms with Crippen molar-refractivity contribution in [3.05, 3.63) is 33.4 Å². The Labute approximate surface area is 89.2 Å². The van der Waals surface area contributed by atoms with Gasteiger partial charge in [0.25, 0.3) is 6.43 Å². The third-order valence-electron chi connectivity index (χ3n) is 1.43.